The lowest BCUT2D eigenvalue weighted by molar-refractivity contribution is -0.125. The first kappa shape index (κ1) is 16.3. The molecule has 0 aromatic heterocycles. The smallest absolute Gasteiger partial charge is 0.223 e. The van der Waals surface area contributed by atoms with Crippen molar-refractivity contribution in [3.05, 3.63) is 35.4 Å². The third-order valence-corrected chi connectivity index (χ3v) is 4.13. The predicted molar refractivity (Wildman–Crippen MR) is 84.7 cm³/mol. The fraction of sp³-hybridized carbons (Fsp3) is 0.562. The quantitative estimate of drug-likeness (QED) is 0.897. The molecule has 1 fully saturated rings. The van der Waals surface area contributed by atoms with Gasteiger partial charge in [-0.05, 0) is 36.9 Å². The molecule has 1 aromatic rings. The van der Waals surface area contributed by atoms with Crippen LogP contribution in [0.1, 0.15) is 36.5 Å². The van der Waals surface area contributed by atoms with E-state index in [0.717, 1.165) is 32.4 Å². The topological polar surface area (TPSA) is 50.4 Å². The number of carbonyl (C=O) groups excluding carboxylic acids is 1. The van der Waals surface area contributed by atoms with Crippen molar-refractivity contribution < 1.29 is 9.53 Å². The molecule has 21 heavy (non-hydrogen) atoms. The summed E-state index contributed by atoms with van der Waals surface area (Å²) in [5, 5.41) is 6.43. The summed E-state index contributed by atoms with van der Waals surface area (Å²) < 4.78 is 5.79. The molecule has 0 bridgehead atoms. The van der Waals surface area contributed by atoms with Crippen molar-refractivity contribution in [3.8, 4) is 0 Å². The van der Waals surface area contributed by atoms with Crippen molar-refractivity contribution in [3.63, 3.8) is 0 Å². The number of halogens is 1. The zero-order valence-corrected chi connectivity index (χ0v) is 13.0. The third-order valence-electron chi connectivity index (χ3n) is 4.13. The maximum absolute atomic E-state index is 12.2. The van der Waals surface area contributed by atoms with Crippen LogP contribution in [-0.2, 0) is 16.0 Å². The van der Waals surface area contributed by atoms with Gasteiger partial charge in [-0.25, -0.2) is 0 Å². The third kappa shape index (κ3) is 4.19. The lowest BCUT2D eigenvalue weighted by Crippen LogP contribution is -2.46. The zero-order valence-electron chi connectivity index (χ0n) is 12.1. The first-order chi connectivity index (χ1) is 9.83. The van der Waals surface area contributed by atoms with Gasteiger partial charge in [0.05, 0.1) is 19.1 Å². The molecule has 0 aliphatic carbocycles. The number of fused-ring (bicyclic) bond motifs is 1. The van der Waals surface area contributed by atoms with E-state index in [1.807, 2.05) is 6.07 Å². The van der Waals surface area contributed by atoms with E-state index in [9.17, 15) is 4.79 Å². The van der Waals surface area contributed by atoms with Crippen molar-refractivity contribution in [2.75, 3.05) is 19.7 Å². The molecule has 2 N–H and O–H groups in total. The van der Waals surface area contributed by atoms with Gasteiger partial charge < -0.3 is 15.4 Å². The average Bonchev–Trinajstić information content (AvgIpc) is 2.48. The molecule has 2 aliphatic rings. The van der Waals surface area contributed by atoms with Crippen LogP contribution in [0, 0.1) is 0 Å². The van der Waals surface area contributed by atoms with Crippen molar-refractivity contribution >= 4 is 18.3 Å². The van der Waals surface area contributed by atoms with Crippen molar-refractivity contribution in [1.82, 2.24) is 10.6 Å². The average molecular weight is 311 g/mol. The minimum Gasteiger partial charge on any atom is -0.373 e. The predicted octanol–water partition coefficient (Wildman–Crippen LogP) is 1.98. The van der Waals surface area contributed by atoms with Gasteiger partial charge >= 0.3 is 0 Å². The van der Waals surface area contributed by atoms with Crippen molar-refractivity contribution in [1.29, 1.82) is 0 Å². The minimum atomic E-state index is -0.0866. The Hall–Kier alpha value is -1.10. The SMILES string of the molecule is Cl.O=C(CC1OCCc2ccccc21)N[C@H]1CCCNC1. The van der Waals surface area contributed by atoms with Crippen LogP contribution < -0.4 is 10.6 Å². The standard InChI is InChI=1S/C16H22N2O2.ClH/c19-16(18-13-5-3-8-17-11-13)10-15-14-6-2-1-4-12(14)7-9-20-15;/h1-2,4,6,13,15,17H,3,5,7-11H2,(H,18,19);1H/t13-,15?;/m0./s1. The summed E-state index contributed by atoms with van der Waals surface area (Å²) in [6.07, 6.45) is 3.49. The van der Waals surface area contributed by atoms with E-state index >= 15 is 0 Å². The van der Waals surface area contributed by atoms with E-state index in [4.69, 9.17) is 4.74 Å². The van der Waals surface area contributed by atoms with E-state index in [1.54, 1.807) is 0 Å². The van der Waals surface area contributed by atoms with Gasteiger partial charge in [0.25, 0.3) is 0 Å². The van der Waals surface area contributed by atoms with E-state index in [2.05, 4.69) is 28.8 Å². The van der Waals surface area contributed by atoms with Gasteiger partial charge in [0.2, 0.25) is 5.91 Å². The molecule has 3 rings (SSSR count). The molecule has 1 aromatic carbocycles. The molecule has 116 valence electrons. The Morgan fingerprint density at radius 1 is 1.38 bits per heavy atom. The van der Waals surface area contributed by atoms with Crippen LogP contribution in [0.15, 0.2) is 24.3 Å². The molecule has 0 spiro atoms. The Bertz CT molecular complexity index is 475. The molecular formula is C16H23ClN2O2. The highest BCUT2D eigenvalue weighted by Gasteiger charge is 2.24. The number of rotatable bonds is 3. The molecule has 5 heteroatoms. The van der Waals surface area contributed by atoms with Gasteiger partial charge in [-0.2, -0.15) is 0 Å². The zero-order chi connectivity index (χ0) is 13.8. The van der Waals surface area contributed by atoms with E-state index in [1.165, 1.54) is 11.1 Å². The molecule has 4 nitrogen and oxygen atoms in total. The summed E-state index contributed by atoms with van der Waals surface area (Å²) in [4.78, 5) is 12.2. The Labute approximate surface area is 132 Å². The maximum atomic E-state index is 12.2. The Kier molecular flexibility index (Phi) is 6.03. The minimum absolute atomic E-state index is 0. The fourth-order valence-corrected chi connectivity index (χ4v) is 3.08. The summed E-state index contributed by atoms with van der Waals surface area (Å²) in [6.45, 7) is 2.65. The number of amides is 1. The second-order valence-corrected chi connectivity index (χ2v) is 5.62. The maximum Gasteiger partial charge on any atom is 0.223 e. The normalized spacial score (nSPS) is 24.6. The van der Waals surface area contributed by atoms with Gasteiger partial charge in [-0.3, -0.25) is 4.79 Å². The van der Waals surface area contributed by atoms with Crippen LogP contribution >= 0.6 is 12.4 Å². The molecule has 2 heterocycles. The highest BCUT2D eigenvalue weighted by molar-refractivity contribution is 5.85. The molecule has 1 saturated heterocycles. The summed E-state index contributed by atoms with van der Waals surface area (Å²) in [6, 6.07) is 8.55. The monoisotopic (exact) mass is 310 g/mol. The van der Waals surface area contributed by atoms with E-state index in [0.29, 0.717) is 13.0 Å². The van der Waals surface area contributed by atoms with Gasteiger partial charge in [0, 0.05) is 12.6 Å². The Morgan fingerprint density at radius 2 is 2.24 bits per heavy atom. The van der Waals surface area contributed by atoms with Gasteiger partial charge in [-0.1, -0.05) is 24.3 Å². The van der Waals surface area contributed by atoms with Crippen LogP contribution in [0.2, 0.25) is 0 Å². The van der Waals surface area contributed by atoms with Crippen LogP contribution in [0.5, 0.6) is 0 Å². The lowest BCUT2D eigenvalue weighted by Gasteiger charge is -2.28. The lowest BCUT2D eigenvalue weighted by atomic mass is 9.95. The highest BCUT2D eigenvalue weighted by atomic mass is 35.5. The van der Waals surface area contributed by atoms with Crippen LogP contribution in [0.25, 0.3) is 0 Å². The molecule has 0 radical (unpaired) electrons. The molecule has 1 unspecified atom stereocenters. The number of hydrogen-bond donors (Lipinski definition) is 2. The molecule has 2 atom stereocenters. The second kappa shape index (κ2) is 7.78. The number of carbonyl (C=O) groups is 1. The summed E-state index contributed by atoms with van der Waals surface area (Å²) in [7, 11) is 0. The second-order valence-electron chi connectivity index (χ2n) is 5.62. The fourth-order valence-electron chi connectivity index (χ4n) is 3.08. The number of piperidine rings is 1. The number of hydrogen-bond acceptors (Lipinski definition) is 3. The molecule has 2 aliphatic heterocycles. The van der Waals surface area contributed by atoms with Crippen LogP contribution in [0.3, 0.4) is 0 Å². The van der Waals surface area contributed by atoms with E-state index < -0.39 is 0 Å². The Morgan fingerprint density at radius 3 is 3.05 bits per heavy atom. The largest absolute Gasteiger partial charge is 0.373 e. The van der Waals surface area contributed by atoms with E-state index in [-0.39, 0.29) is 30.5 Å². The van der Waals surface area contributed by atoms with Crippen molar-refractivity contribution in [2.45, 2.75) is 37.8 Å². The summed E-state index contributed by atoms with van der Waals surface area (Å²) >= 11 is 0. The number of nitrogens with one attached hydrogen (secondary N) is 2. The van der Waals surface area contributed by atoms with Gasteiger partial charge in [0.15, 0.2) is 0 Å². The van der Waals surface area contributed by atoms with Crippen LogP contribution in [0.4, 0.5) is 0 Å². The molecule has 0 saturated carbocycles. The molecule has 1 amide bonds. The summed E-state index contributed by atoms with van der Waals surface area (Å²) in [5.74, 6) is 0.0976. The Balaban J connectivity index is 0.00000161. The van der Waals surface area contributed by atoms with Crippen molar-refractivity contribution in [2.24, 2.45) is 0 Å². The highest BCUT2D eigenvalue weighted by Crippen LogP contribution is 2.29. The number of ether oxygens (including phenoxy) is 1. The van der Waals surface area contributed by atoms with Gasteiger partial charge in [0.1, 0.15) is 0 Å². The summed E-state index contributed by atoms with van der Waals surface area (Å²) in [5.41, 5.74) is 2.49. The van der Waals surface area contributed by atoms with Crippen LogP contribution in [-0.4, -0.2) is 31.6 Å². The number of benzene rings is 1. The first-order valence-electron chi connectivity index (χ1n) is 7.52. The first-order valence-corrected chi connectivity index (χ1v) is 7.52. The molecular weight excluding hydrogens is 288 g/mol. The van der Waals surface area contributed by atoms with Gasteiger partial charge in [-0.15, -0.1) is 12.4 Å².